The second kappa shape index (κ2) is 3.71. The van der Waals surface area contributed by atoms with Gasteiger partial charge in [0.2, 0.25) is 0 Å². The number of carbonyl (C=O) groups is 1. The first kappa shape index (κ1) is 10.8. The third-order valence-corrected chi connectivity index (χ3v) is 2.45. The van der Waals surface area contributed by atoms with E-state index in [2.05, 4.69) is 5.10 Å². The lowest BCUT2D eigenvalue weighted by Gasteiger charge is -1.97. The van der Waals surface area contributed by atoms with E-state index in [0.717, 1.165) is 0 Å². The normalized spacial score (nSPS) is 11.2. The first-order chi connectivity index (χ1) is 7.50. The number of halogens is 3. The summed E-state index contributed by atoms with van der Waals surface area (Å²) in [5.74, 6) is -1.15. The average Bonchev–Trinajstić information content (AvgIpc) is 2.55. The van der Waals surface area contributed by atoms with Crippen LogP contribution < -0.4 is 0 Å². The zero-order chi connectivity index (χ0) is 11.9. The minimum absolute atomic E-state index is 0.0249. The Kier molecular flexibility index (Phi) is 2.51. The van der Waals surface area contributed by atoms with Crippen molar-refractivity contribution in [1.82, 2.24) is 9.78 Å². The number of aromatic carboxylic acids is 1. The molecule has 0 saturated carbocycles. The molecule has 2 aromatic rings. The second-order valence-electron chi connectivity index (χ2n) is 3.05. The number of carboxylic acid groups (broad SMARTS) is 1. The van der Waals surface area contributed by atoms with Crippen LogP contribution in [0.4, 0.5) is 8.78 Å². The van der Waals surface area contributed by atoms with Gasteiger partial charge in [-0.1, -0.05) is 11.6 Å². The van der Waals surface area contributed by atoms with Crippen LogP contribution >= 0.6 is 11.6 Å². The molecular formula is C9H5ClF2N2O2. The molecule has 0 atom stereocenters. The van der Waals surface area contributed by atoms with Gasteiger partial charge in [-0.15, -0.1) is 0 Å². The fraction of sp³-hybridized carbons (Fsp3) is 0.111. The maximum atomic E-state index is 12.4. The lowest BCUT2D eigenvalue weighted by molar-refractivity contribution is 0.0577. The Bertz CT molecular complexity index is 568. The summed E-state index contributed by atoms with van der Waals surface area (Å²) in [6, 6.07) is 3.84. The molecule has 0 radical (unpaired) electrons. The highest BCUT2D eigenvalue weighted by Crippen LogP contribution is 2.27. The summed E-state index contributed by atoms with van der Waals surface area (Å²) in [5.41, 5.74) is 0.105. The van der Waals surface area contributed by atoms with E-state index in [9.17, 15) is 13.6 Å². The maximum Gasteiger partial charge on any atom is 0.335 e. The van der Waals surface area contributed by atoms with Gasteiger partial charge in [-0.2, -0.15) is 18.6 Å². The quantitative estimate of drug-likeness (QED) is 0.886. The fourth-order valence-corrected chi connectivity index (χ4v) is 1.61. The van der Waals surface area contributed by atoms with Crippen molar-refractivity contribution in [1.29, 1.82) is 0 Å². The standard InChI is InChI=1S/C9H5ClF2N2O2/c10-7-5-2-1-4(8(15)16)3-6(5)13-14(7)9(11)12/h1-3,9H,(H,15,16). The van der Waals surface area contributed by atoms with Crippen molar-refractivity contribution in [2.45, 2.75) is 6.55 Å². The van der Waals surface area contributed by atoms with E-state index < -0.39 is 12.5 Å². The number of hydrogen-bond acceptors (Lipinski definition) is 2. The lowest BCUT2D eigenvalue weighted by Crippen LogP contribution is -1.99. The number of carboxylic acids is 1. The van der Waals surface area contributed by atoms with Gasteiger partial charge >= 0.3 is 12.5 Å². The maximum absolute atomic E-state index is 12.4. The molecule has 0 aliphatic heterocycles. The minimum Gasteiger partial charge on any atom is -0.478 e. The molecule has 2 rings (SSSR count). The predicted molar refractivity (Wildman–Crippen MR) is 53.0 cm³/mol. The third kappa shape index (κ3) is 1.61. The van der Waals surface area contributed by atoms with Crippen LogP contribution in [0.15, 0.2) is 18.2 Å². The van der Waals surface area contributed by atoms with Crippen LogP contribution in [0.5, 0.6) is 0 Å². The molecular weight excluding hydrogens is 242 g/mol. The van der Waals surface area contributed by atoms with Crippen molar-refractivity contribution in [2.75, 3.05) is 0 Å². The summed E-state index contributed by atoms with van der Waals surface area (Å²) in [4.78, 5) is 10.7. The molecule has 0 aliphatic carbocycles. The summed E-state index contributed by atoms with van der Waals surface area (Å²) in [5, 5.41) is 12.3. The van der Waals surface area contributed by atoms with Crippen molar-refractivity contribution in [3.8, 4) is 0 Å². The number of rotatable bonds is 2. The average molecular weight is 247 g/mol. The molecule has 1 aromatic carbocycles. The smallest absolute Gasteiger partial charge is 0.335 e. The number of alkyl halides is 2. The Balaban J connectivity index is 2.67. The Hall–Kier alpha value is -1.69. The number of benzene rings is 1. The van der Waals surface area contributed by atoms with Crippen molar-refractivity contribution in [3.63, 3.8) is 0 Å². The topological polar surface area (TPSA) is 55.1 Å². The highest BCUT2D eigenvalue weighted by molar-refractivity contribution is 6.34. The summed E-state index contributed by atoms with van der Waals surface area (Å²) in [6.45, 7) is -2.85. The summed E-state index contributed by atoms with van der Waals surface area (Å²) >= 11 is 5.66. The van der Waals surface area contributed by atoms with Gasteiger partial charge in [0.1, 0.15) is 5.15 Å². The molecule has 16 heavy (non-hydrogen) atoms. The van der Waals surface area contributed by atoms with Crippen LogP contribution in [0.3, 0.4) is 0 Å². The van der Waals surface area contributed by atoms with E-state index in [-0.39, 0.29) is 16.2 Å². The fourth-order valence-electron chi connectivity index (χ4n) is 1.33. The van der Waals surface area contributed by atoms with Gasteiger partial charge in [-0.25, -0.2) is 4.79 Å². The Morgan fingerprint density at radius 2 is 2.19 bits per heavy atom. The highest BCUT2D eigenvalue weighted by atomic mass is 35.5. The van der Waals surface area contributed by atoms with E-state index >= 15 is 0 Å². The van der Waals surface area contributed by atoms with Gasteiger partial charge in [0.15, 0.2) is 0 Å². The largest absolute Gasteiger partial charge is 0.478 e. The number of fused-ring (bicyclic) bond motifs is 1. The molecule has 84 valence electrons. The molecule has 7 heteroatoms. The van der Waals surface area contributed by atoms with Crippen LogP contribution in [0, 0.1) is 0 Å². The SMILES string of the molecule is O=C(O)c1ccc2c(Cl)n(C(F)F)nc2c1. The molecule has 1 N–H and O–H groups in total. The summed E-state index contributed by atoms with van der Waals surface area (Å²) in [7, 11) is 0. The Labute approximate surface area is 93.0 Å². The molecule has 0 saturated heterocycles. The van der Waals surface area contributed by atoms with Gasteiger partial charge < -0.3 is 5.11 Å². The summed E-state index contributed by atoms with van der Waals surface area (Å²) < 4.78 is 25.2. The monoisotopic (exact) mass is 246 g/mol. The van der Waals surface area contributed by atoms with Gasteiger partial charge in [0, 0.05) is 5.39 Å². The summed E-state index contributed by atoms with van der Waals surface area (Å²) in [6.07, 6.45) is 0. The molecule has 0 fully saturated rings. The predicted octanol–water partition coefficient (Wildman–Crippen LogP) is 2.78. The highest BCUT2D eigenvalue weighted by Gasteiger charge is 2.16. The van der Waals surface area contributed by atoms with Gasteiger partial charge in [0.25, 0.3) is 0 Å². The van der Waals surface area contributed by atoms with E-state index in [0.29, 0.717) is 10.1 Å². The van der Waals surface area contributed by atoms with Crippen LogP contribution in [0.1, 0.15) is 16.9 Å². The molecule has 0 bridgehead atoms. The molecule has 0 amide bonds. The molecule has 0 unspecified atom stereocenters. The zero-order valence-corrected chi connectivity index (χ0v) is 8.45. The first-order valence-corrected chi connectivity index (χ1v) is 4.57. The van der Waals surface area contributed by atoms with Crippen molar-refractivity contribution >= 4 is 28.5 Å². The van der Waals surface area contributed by atoms with E-state index in [1.165, 1.54) is 18.2 Å². The molecule has 1 aromatic heterocycles. The van der Waals surface area contributed by atoms with Crippen LogP contribution in [0.2, 0.25) is 5.15 Å². The van der Waals surface area contributed by atoms with Crippen molar-refractivity contribution in [3.05, 3.63) is 28.9 Å². The molecule has 1 heterocycles. The van der Waals surface area contributed by atoms with Gasteiger partial charge in [0.05, 0.1) is 11.1 Å². The Morgan fingerprint density at radius 3 is 2.75 bits per heavy atom. The number of nitrogens with zero attached hydrogens (tertiary/aromatic N) is 2. The van der Waals surface area contributed by atoms with Crippen molar-refractivity contribution < 1.29 is 18.7 Å². The Morgan fingerprint density at radius 1 is 1.50 bits per heavy atom. The van der Waals surface area contributed by atoms with E-state index in [1.54, 1.807) is 0 Å². The number of aromatic nitrogens is 2. The van der Waals surface area contributed by atoms with Crippen molar-refractivity contribution in [2.24, 2.45) is 0 Å². The zero-order valence-electron chi connectivity index (χ0n) is 7.69. The molecule has 0 spiro atoms. The van der Waals surface area contributed by atoms with E-state index in [1.807, 2.05) is 0 Å². The number of hydrogen-bond donors (Lipinski definition) is 1. The third-order valence-electron chi connectivity index (χ3n) is 2.07. The molecule has 0 aliphatic rings. The van der Waals surface area contributed by atoms with Crippen LogP contribution in [-0.2, 0) is 0 Å². The van der Waals surface area contributed by atoms with Crippen LogP contribution in [-0.4, -0.2) is 20.9 Å². The van der Waals surface area contributed by atoms with Gasteiger partial charge in [-0.3, -0.25) is 0 Å². The first-order valence-electron chi connectivity index (χ1n) is 4.20. The van der Waals surface area contributed by atoms with Crippen LogP contribution in [0.25, 0.3) is 10.9 Å². The van der Waals surface area contributed by atoms with E-state index in [4.69, 9.17) is 16.7 Å². The lowest BCUT2D eigenvalue weighted by atomic mass is 10.2. The minimum atomic E-state index is -2.85. The second-order valence-corrected chi connectivity index (χ2v) is 3.41. The molecule has 4 nitrogen and oxygen atoms in total. The van der Waals surface area contributed by atoms with Gasteiger partial charge in [-0.05, 0) is 18.2 Å².